The first kappa shape index (κ1) is 23.9. The van der Waals surface area contributed by atoms with E-state index in [0.29, 0.717) is 11.5 Å². The number of hydrogen-bond donors (Lipinski definition) is 0. The van der Waals surface area contributed by atoms with Gasteiger partial charge in [-0.3, -0.25) is 0 Å². The molecule has 0 bridgehead atoms. The maximum absolute atomic E-state index is 6.12. The fraction of sp³-hybridized carbons (Fsp3) is 0.133. The van der Waals surface area contributed by atoms with Crippen LogP contribution in [0.4, 0.5) is 0 Å². The van der Waals surface area contributed by atoms with Crippen LogP contribution in [-0.2, 0) is 26.5 Å². The number of nitrogens with zero attached hydrogens (tertiary/aromatic N) is 2. The van der Waals surface area contributed by atoms with Crippen molar-refractivity contribution in [2.45, 2.75) is 26.2 Å². The molecule has 0 atom stereocenters. The molecule has 2 heterocycles. The number of hydrogen-bond acceptors (Lipinski definition) is 3. The van der Waals surface area contributed by atoms with E-state index in [9.17, 15) is 0 Å². The Bertz CT molecular complexity index is 1440. The summed E-state index contributed by atoms with van der Waals surface area (Å²) >= 11 is 0. The van der Waals surface area contributed by atoms with Crippen molar-refractivity contribution >= 4 is 10.8 Å². The molecule has 0 radical (unpaired) electrons. The molecule has 0 unspecified atom stereocenters. The van der Waals surface area contributed by atoms with Gasteiger partial charge in [-0.2, -0.15) is 0 Å². The zero-order valence-corrected chi connectivity index (χ0v) is 21.6. The van der Waals surface area contributed by atoms with Crippen LogP contribution < -0.4 is 4.74 Å². The van der Waals surface area contributed by atoms with Crippen molar-refractivity contribution in [1.29, 1.82) is 0 Å². The third-order valence-electron chi connectivity index (χ3n) is 5.57. The molecule has 5 rings (SSSR count). The molecule has 0 aliphatic heterocycles. The topological polar surface area (TPSA) is 35.0 Å². The van der Waals surface area contributed by atoms with Gasteiger partial charge < -0.3 is 14.7 Å². The van der Waals surface area contributed by atoms with Gasteiger partial charge in [0.1, 0.15) is 0 Å². The molecular weight excluding hydrogens is 599 g/mol. The summed E-state index contributed by atoms with van der Waals surface area (Å²) in [5.41, 5.74) is 4.81. The van der Waals surface area contributed by atoms with Crippen LogP contribution in [0.15, 0.2) is 91.3 Å². The van der Waals surface area contributed by atoms with Gasteiger partial charge in [0.05, 0.1) is 0 Å². The summed E-state index contributed by atoms with van der Waals surface area (Å²) in [5, 5.41) is 2.26. The Morgan fingerprint density at radius 2 is 1.29 bits per heavy atom. The van der Waals surface area contributed by atoms with Crippen molar-refractivity contribution in [3.05, 3.63) is 109 Å². The van der Waals surface area contributed by atoms with E-state index in [1.807, 2.05) is 60.9 Å². The normalized spacial score (nSPS) is 11.1. The predicted molar refractivity (Wildman–Crippen MR) is 133 cm³/mol. The molecule has 0 spiro atoms. The average molecular weight is 624 g/mol. The second kappa shape index (κ2) is 9.91. The van der Waals surface area contributed by atoms with Gasteiger partial charge in [-0.25, -0.2) is 0 Å². The minimum absolute atomic E-state index is 0. The van der Waals surface area contributed by atoms with Crippen LogP contribution >= 0.6 is 0 Å². The number of ether oxygens (including phenoxy) is 1. The van der Waals surface area contributed by atoms with Gasteiger partial charge in [0.2, 0.25) is 0 Å². The number of pyridine rings is 2. The third-order valence-corrected chi connectivity index (χ3v) is 5.57. The van der Waals surface area contributed by atoms with Crippen LogP contribution in [0, 0.1) is 12.1 Å². The fourth-order valence-electron chi connectivity index (χ4n) is 3.71. The molecule has 3 nitrogen and oxygen atoms in total. The Kier molecular flexibility index (Phi) is 6.95. The molecule has 0 aliphatic carbocycles. The monoisotopic (exact) mass is 623 g/mol. The molecule has 0 amide bonds. The number of rotatable bonds is 4. The Hall–Kier alpha value is -3.29. The molecule has 0 N–H and O–H groups in total. The average Bonchev–Trinajstić information content (AvgIpc) is 2.84. The molecule has 0 saturated carbocycles. The molecule has 170 valence electrons. The summed E-state index contributed by atoms with van der Waals surface area (Å²) in [4.78, 5) is 9.15. The predicted octanol–water partition coefficient (Wildman–Crippen LogP) is 7.65. The largest absolute Gasteiger partial charge is 2.00 e. The summed E-state index contributed by atoms with van der Waals surface area (Å²) in [6, 6.07) is 32.8. The standard InChI is InChI=1S/C30H24N2O.Pt/c1-30(2,3)25-14-15-31-29(19-25)23-11-7-13-27(17-23)33-26-12-6-10-22(16-26)28-18-21-8-4-5-9-24(21)20-32-28;/h4-15,18-20H,1-3H3;/q-2;+2. The Morgan fingerprint density at radius 3 is 1.94 bits per heavy atom. The van der Waals surface area contributed by atoms with E-state index >= 15 is 0 Å². The second-order valence-electron chi connectivity index (χ2n) is 9.06. The quantitative estimate of drug-likeness (QED) is 0.193. The van der Waals surface area contributed by atoms with Crippen molar-refractivity contribution in [3.8, 4) is 34.0 Å². The van der Waals surface area contributed by atoms with Crippen LogP contribution in [0.2, 0.25) is 0 Å². The van der Waals surface area contributed by atoms with Crippen molar-refractivity contribution in [1.82, 2.24) is 9.97 Å². The molecule has 34 heavy (non-hydrogen) atoms. The van der Waals surface area contributed by atoms with Gasteiger partial charge in [-0.1, -0.05) is 69.3 Å². The van der Waals surface area contributed by atoms with Gasteiger partial charge in [0.15, 0.2) is 0 Å². The van der Waals surface area contributed by atoms with Gasteiger partial charge in [-0.05, 0) is 39.2 Å². The number of benzene rings is 3. The van der Waals surface area contributed by atoms with Crippen LogP contribution in [0.3, 0.4) is 0 Å². The van der Waals surface area contributed by atoms with E-state index in [-0.39, 0.29) is 26.5 Å². The third kappa shape index (κ3) is 5.26. The van der Waals surface area contributed by atoms with E-state index < -0.39 is 0 Å². The maximum Gasteiger partial charge on any atom is 2.00 e. The zero-order valence-electron chi connectivity index (χ0n) is 19.3. The fourth-order valence-corrected chi connectivity index (χ4v) is 3.71. The summed E-state index contributed by atoms with van der Waals surface area (Å²) in [6.45, 7) is 6.59. The van der Waals surface area contributed by atoms with Gasteiger partial charge in [0, 0.05) is 23.9 Å². The number of fused-ring (bicyclic) bond motifs is 1. The molecule has 3 aromatic carbocycles. The zero-order chi connectivity index (χ0) is 22.8. The maximum atomic E-state index is 6.12. The van der Waals surface area contributed by atoms with Crippen molar-refractivity contribution < 1.29 is 25.8 Å². The van der Waals surface area contributed by atoms with E-state index in [4.69, 9.17) is 4.74 Å². The Morgan fingerprint density at radius 1 is 0.676 bits per heavy atom. The smallest absolute Gasteiger partial charge is 0.497 e. The van der Waals surface area contributed by atoms with Crippen molar-refractivity contribution in [3.63, 3.8) is 0 Å². The van der Waals surface area contributed by atoms with Crippen LogP contribution in [-0.4, -0.2) is 9.97 Å². The summed E-state index contributed by atoms with van der Waals surface area (Å²) in [7, 11) is 0. The van der Waals surface area contributed by atoms with Crippen LogP contribution in [0.5, 0.6) is 11.5 Å². The van der Waals surface area contributed by atoms with E-state index in [1.54, 1.807) is 0 Å². The molecule has 4 heteroatoms. The SMILES string of the molecule is CC(C)(C)c1ccnc(-c2[c-]c(Oc3[c-]c(-c4cc5ccccc5cn4)ccc3)ccc2)c1.[Pt+2]. The molecule has 5 aromatic rings. The minimum Gasteiger partial charge on any atom is -0.497 e. The van der Waals surface area contributed by atoms with E-state index in [2.05, 4.69) is 73.2 Å². The van der Waals surface area contributed by atoms with Crippen LogP contribution in [0.1, 0.15) is 26.3 Å². The van der Waals surface area contributed by atoms with Crippen LogP contribution in [0.25, 0.3) is 33.3 Å². The molecule has 0 aliphatic rings. The second-order valence-corrected chi connectivity index (χ2v) is 9.06. The van der Waals surface area contributed by atoms with Crippen molar-refractivity contribution in [2.75, 3.05) is 0 Å². The summed E-state index contributed by atoms with van der Waals surface area (Å²) < 4.78 is 6.12. The summed E-state index contributed by atoms with van der Waals surface area (Å²) in [6.07, 6.45) is 3.74. The van der Waals surface area contributed by atoms with E-state index in [0.717, 1.165) is 33.3 Å². The molecule has 0 fully saturated rings. The Balaban J connectivity index is 0.00000274. The van der Waals surface area contributed by atoms with Gasteiger partial charge >= 0.3 is 21.1 Å². The summed E-state index contributed by atoms with van der Waals surface area (Å²) in [5.74, 6) is 1.24. The molecular formula is C30H24N2OPt. The molecule has 0 saturated heterocycles. The Labute approximate surface area is 215 Å². The van der Waals surface area contributed by atoms with E-state index in [1.165, 1.54) is 5.56 Å². The number of aromatic nitrogens is 2. The molecule has 2 aromatic heterocycles. The first-order valence-corrected chi connectivity index (χ1v) is 11.0. The first-order chi connectivity index (χ1) is 16.0. The van der Waals surface area contributed by atoms with Gasteiger partial charge in [-0.15, -0.1) is 47.5 Å². The minimum atomic E-state index is 0. The van der Waals surface area contributed by atoms with Crippen molar-refractivity contribution in [2.24, 2.45) is 0 Å². The first-order valence-electron chi connectivity index (χ1n) is 11.0. The van der Waals surface area contributed by atoms with Gasteiger partial charge in [0.25, 0.3) is 0 Å².